The predicted molar refractivity (Wildman–Crippen MR) is 54.5 cm³/mol. The van der Waals surface area contributed by atoms with Crippen LogP contribution in [0.4, 0.5) is 0 Å². The van der Waals surface area contributed by atoms with Crippen LogP contribution in [0, 0.1) is 6.92 Å². The Balaban J connectivity index is 2.39. The molecule has 14 heavy (non-hydrogen) atoms. The topological polar surface area (TPSA) is 41.5 Å². The molecule has 2 rings (SSSR count). The van der Waals surface area contributed by atoms with E-state index >= 15 is 0 Å². The van der Waals surface area contributed by atoms with Gasteiger partial charge in [0.25, 0.3) is 0 Å². The molecule has 1 aromatic carbocycles. The number of fused-ring (bicyclic) bond motifs is 1. The van der Waals surface area contributed by atoms with Crippen molar-refractivity contribution < 1.29 is 9.84 Å². The Labute approximate surface area is 83.7 Å². The van der Waals surface area contributed by atoms with E-state index in [1.165, 1.54) is 5.56 Å². The lowest BCUT2D eigenvalue weighted by molar-refractivity contribution is 0.245. The molecule has 0 radical (unpaired) electrons. The maximum Gasteiger partial charge on any atom is 0.124 e. The Morgan fingerprint density at radius 2 is 2.43 bits per heavy atom. The molecule has 0 amide bonds. The van der Waals surface area contributed by atoms with Crippen LogP contribution in [0.1, 0.15) is 17.2 Å². The summed E-state index contributed by atoms with van der Waals surface area (Å²) in [5, 5.41) is 12.4. The van der Waals surface area contributed by atoms with Crippen LogP contribution < -0.4 is 10.1 Å². The summed E-state index contributed by atoms with van der Waals surface area (Å²) in [6.07, 6.45) is 0. The van der Waals surface area contributed by atoms with Gasteiger partial charge in [0.2, 0.25) is 0 Å². The van der Waals surface area contributed by atoms with Gasteiger partial charge in [-0.2, -0.15) is 0 Å². The van der Waals surface area contributed by atoms with E-state index in [0.717, 1.165) is 17.9 Å². The zero-order valence-corrected chi connectivity index (χ0v) is 8.29. The highest BCUT2D eigenvalue weighted by Gasteiger charge is 2.17. The quantitative estimate of drug-likeness (QED) is 0.699. The number of rotatable bonds is 1. The van der Waals surface area contributed by atoms with Crippen molar-refractivity contribution in [2.75, 3.05) is 19.8 Å². The van der Waals surface area contributed by atoms with Gasteiger partial charge in [-0.05, 0) is 18.6 Å². The maximum absolute atomic E-state index is 9.21. The summed E-state index contributed by atoms with van der Waals surface area (Å²) >= 11 is 0. The van der Waals surface area contributed by atoms with Gasteiger partial charge in [-0.1, -0.05) is 12.1 Å². The highest BCUT2D eigenvalue weighted by molar-refractivity contribution is 5.39. The van der Waals surface area contributed by atoms with Gasteiger partial charge in [0.05, 0.1) is 12.6 Å². The zero-order valence-electron chi connectivity index (χ0n) is 8.29. The fraction of sp³-hybridized carbons (Fsp3) is 0.455. The molecule has 0 saturated heterocycles. The zero-order chi connectivity index (χ0) is 9.97. The van der Waals surface area contributed by atoms with Crippen molar-refractivity contribution in [3.05, 3.63) is 29.3 Å². The van der Waals surface area contributed by atoms with Gasteiger partial charge < -0.3 is 15.2 Å². The Kier molecular flexibility index (Phi) is 2.70. The molecule has 0 aromatic heterocycles. The lowest BCUT2D eigenvalue weighted by Gasteiger charge is -2.14. The smallest absolute Gasteiger partial charge is 0.124 e. The molecule has 1 aliphatic rings. The van der Waals surface area contributed by atoms with Crippen LogP contribution in [0.2, 0.25) is 0 Å². The summed E-state index contributed by atoms with van der Waals surface area (Å²) in [7, 11) is 0. The van der Waals surface area contributed by atoms with E-state index in [0.29, 0.717) is 6.61 Å². The maximum atomic E-state index is 9.21. The van der Waals surface area contributed by atoms with Gasteiger partial charge >= 0.3 is 0 Å². The number of benzene rings is 1. The van der Waals surface area contributed by atoms with Gasteiger partial charge in [-0.15, -0.1) is 0 Å². The predicted octanol–water partition coefficient (Wildman–Crippen LogP) is 1.01. The second-order valence-corrected chi connectivity index (χ2v) is 3.58. The average molecular weight is 193 g/mol. The monoisotopic (exact) mass is 193 g/mol. The number of hydrogen-bond acceptors (Lipinski definition) is 3. The van der Waals surface area contributed by atoms with Gasteiger partial charge in [0.15, 0.2) is 0 Å². The number of aryl methyl sites for hydroxylation is 1. The first-order valence-corrected chi connectivity index (χ1v) is 4.89. The summed E-state index contributed by atoms with van der Waals surface area (Å²) in [5.74, 6) is 0.897. The van der Waals surface area contributed by atoms with Crippen LogP contribution in [0.25, 0.3) is 0 Å². The van der Waals surface area contributed by atoms with E-state index in [1.54, 1.807) is 0 Å². The molecule has 0 bridgehead atoms. The van der Waals surface area contributed by atoms with Crippen LogP contribution in [0.15, 0.2) is 18.2 Å². The fourth-order valence-electron chi connectivity index (χ4n) is 1.72. The fourth-order valence-corrected chi connectivity index (χ4v) is 1.72. The van der Waals surface area contributed by atoms with Crippen LogP contribution in [-0.4, -0.2) is 24.9 Å². The molecule has 3 nitrogen and oxygen atoms in total. The first kappa shape index (κ1) is 9.49. The van der Waals surface area contributed by atoms with Crippen LogP contribution >= 0.6 is 0 Å². The van der Waals surface area contributed by atoms with Gasteiger partial charge in [-0.25, -0.2) is 0 Å². The van der Waals surface area contributed by atoms with E-state index in [9.17, 15) is 5.11 Å². The van der Waals surface area contributed by atoms with Crippen molar-refractivity contribution in [1.82, 2.24) is 5.32 Å². The van der Waals surface area contributed by atoms with Crippen LogP contribution in [0.3, 0.4) is 0 Å². The van der Waals surface area contributed by atoms with Crippen molar-refractivity contribution in [2.45, 2.75) is 13.0 Å². The summed E-state index contributed by atoms with van der Waals surface area (Å²) < 4.78 is 5.59. The lowest BCUT2D eigenvalue weighted by atomic mass is 10.0. The normalized spacial score (nSPS) is 20.9. The Bertz CT molecular complexity index is 325. The van der Waals surface area contributed by atoms with Gasteiger partial charge in [0, 0.05) is 12.1 Å². The third kappa shape index (κ3) is 1.74. The molecule has 0 spiro atoms. The molecule has 0 aliphatic carbocycles. The molecule has 2 N–H and O–H groups in total. The number of hydrogen-bond donors (Lipinski definition) is 2. The first-order valence-electron chi connectivity index (χ1n) is 4.89. The molecule has 0 fully saturated rings. The molecule has 1 aromatic rings. The molecule has 76 valence electrons. The van der Waals surface area contributed by atoms with Crippen molar-refractivity contribution in [3.8, 4) is 5.75 Å². The van der Waals surface area contributed by atoms with Gasteiger partial charge in [0.1, 0.15) is 12.4 Å². The third-order valence-corrected chi connectivity index (χ3v) is 2.48. The molecule has 1 heterocycles. The Morgan fingerprint density at radius 1 is 1.57 bits per heavy atom. The molecular formula is C11H15NO2. The van der Waals surface area contributed by atoms with Crippen LogP contribution in [0.5, 0.6) is 5.75 Å². The first-order chi connectivity index (χ1) is 6.81. The SMILES string of the molecule is Cc1ccc2c(c1)OCCNC2CO. The minimum Gasteiger partial charge on any atom is -0.492 e. The minimum atomic E-state index is 0.00750. The van der Waals surface area contributed by atoms with Crippen LogP contribution in [-0.2, 0) is 0 Å². The van der Waals surface area contributed by atoms with E-state index in [2.05, 4.69) is 5.32 Å². The second-order valence-electron chi connectivity index (χ2n) is 3.58. The second kappa shape index (κ2) is 3.98. The number of aliphatic hydroxyl groups is 1. The molecule has 3 heteroatoms. The minimum absolute atomic E-state index is 0.00750. The number of nitrogens with one attached hydrogen (secondary N) is 1. The average Bonchev–Trinajstić information content (AvgIpc) is 2.38. The summed E-state index contributed by atoms with van der Waals surface area (Å²) in [6.45, 7) is 3.58. The molecular weight excluding hydrogens is 178 g/mol. The molecule has 1 atom stereocenters. The Hall–Kier alpha value is -1.06. The lowest BCUT2D eigenvalue weighted by Crippen LogP contribution is -2.25. The number of aliphatic hydroxyl groups excluding tert-OH is 1. The standard InChI is InChI=1S/C11H15NO2/c1-8-2-3-9-10(7-13)12-4-5-14-11(9)6-8/h2-3,6,10,12-13H,4-5,7H2,1H3. The van der Waals surface area contributed by atoms with Gasteiger partial charge in [-0.3, -0.25) is 0 Å². The van der Waals surface area contributed by atoms with Crippen molar-refractivity contribution in [2.24, 2.45) is 0 Å². The van der Waals surface area contributed by atoms with Crippen molar-refractivity contribution in [3.63, 3.8) is 0 Å². The summed E-state index contributed by atoms with van der Waals surface area (Å²) in [4.78, 5) is 0. The van der Waals surface area contributed by atoms with E-state index in [-0.39, 0.29) is 12.6 Å². The highest BCUT2D eigenvalue weighted by Crippen LogP contribution is 2.27. The number of ether oxygens (including phenoxy) is 1. The van der Waals surface area contributed by atoms with Crippen molar-refractivity contribution in [1.29, 1.82) is 0 Å². The summed E-state index contributed by atoms with van der Waals surface area (Å²) in [5.41, 5.74) is 2.23. The summed E-state index contributed by atoms with van der Waals surface area (Å²) in [6, 6.07) is 6.08. The third-order valence-electron chi connectivity index (χ3n) is 2.48. The Morgan fingerprint density at radius 3 is 3.21 bits per heavy atom. The molecule has 1 unspecified atom stereocenters. The molecule has 1 aliphatic heterocycles. The van der Waals surface area contributed by atoms with E-state index < -0.39 is 0 Å². The largest absolute Gasteiger partial charge is 0.492 e. The molecule has 0 saturated carbocycles. The van der Waals surface area contributed by atoms with Crippen molar-refractivity contribution >= 4 is 0 Å². The van der Waals surface area contributed by atoms with E-state index in [1.807, 2.05) is 25.1 Å². The highest BCUT2D eigenvalue weighted by atomic mass is 16.5. The van der Waals surface area contributed by atoms with E-state index in [4.69, 9.17) is 4.74 Å².